The molecule has 1 aliphatic rings. The van der Waals surface area contributed by atoms with Gasteiger partial charge in [0.05, 0.1) is 13.2 Å². The SMILES string of the molecule is Cc1ccc2[nH]c(C(=O)N3CCOC(c4n[nH]c(C)n4)C3)c(C)c2c1. The number of carbonyl (C=O) groups is 1. The summed E-state index contributed by atoms with van der Waals surface area (Å²) >= 11 is 0. The van der Waals surface area contributed by atoms with Crippen molar-refractivity contribution < 1.29 is 9.53 Å². The summed E-state index contributed by atoms with van der Waals surface area (Å²) in [5.41, 5.74) is 3.80. The molecular formula is C18H21N5O2. The van der Waals surface area contributed by atoms with Gasteiger partial charge < -0.3 is 14.6 Å². The van der Waals surface area contributed by atoms with Gasteiger partial charge in [-0.05, 0) is 38.5 Å². The van der Waals surface area contributed by atoms with E-state index >= 15 is 0 Å². The molecule has 4 rings (SSSR count). The number of ether oxygens (including phenoxy) is 1. The third-order valence-electron chi connectivity index (χ3n) is 4.68. The summed E-state index contributed by atoms with van der Waals surface area (Å²) in [6.07, 6.45) is -0.297. The molecule has 3 aromatic rings. The molecule has 0 spiro atoms. The number of H-pyrrole nitrogens is 2. The minimum atomic E-state index is -0.297. The van der Waals surface area contributed by atoms with Crippen LogP contribution in [0.4, 0.5) is 0 Å². The molecule has 3 heterocycles. The highest BCUT2D eigenvalue weighted by Crippen LogP contribution is 2.26. The summed E-state index contributed by atoms with van der Waals surface area (Å²) in [6.45, 7) is 7.37. The maximum atomic E-state index is 13.0. The number of fused-ring (bicyclic) bond motifs is 1. The van der Waals surface area contributed by atoms with E-state index < -0.39 is 0 Å². The lowest BCUT2D eigenvalue weighted by Gasteiger charge is -2.31. The average molecular weight is 339 g/mol. The fraction of sp³-hybridized carbons (Fsp3) is 0.389. The van der Waals surface area contributed by atoms with Gasteiger partial charge in [0.25, 0.3) is 5.91 Å². The van der Waals surface area contributed by atoms with Gasteiger partial charge in [-0.3, -0.25) is 9.89 Å². The van der Waals surface area contributed by atoms with Crippen molar-refractivity contribution in [3.63, 3.8) is 0 Å². The van der Waals surface area contributed by atoms with E-state index in [0.717, 1.165) is 22.3 Å². The van der Waals surface area contributed by atoms with Crippen molar-refractivity contribution in [3.05, 3.63) is 46.7 Å². The second kappa shape index (κ2) is 6.00. The number of aromatic amines is 2. The van der Waals surface area contributed by atoms with Gasteiger partial charge in [0.15, 0.2) is 5.82 Å². The van der Waals surface area contributed by atoms with Crippen LogP contribution in [0.2, 0.25) is 0 Å². The van der Waals surface area contributed by atoms with E-state index in [4.69, 9.17) is 4.74 Å². The zero-order valence-corrected chi connectivity index (χ0v) is 14.6. The van der Waals surface area contributed by atoms with E-state index in [0.29, 0.717) is 31.2 Å². The molecule has 1 unspecified atom stereocenters. The second-order valence-electron chi connectivity index (χ2n) is 6.56. The van der Waals surface area contributed by atoms with Gasteiger partial charge in [-0.15, -0.1) is 0 Å². The number of nitrogens with zero attached hydrogens (tertiary/aromatic N) is 3. The van der Waals surface area contributed by atoms with Crippen LogP contribution in [0.25, 0.3) is 10.9 Å². The second-order valence-corrected chi connectivity index (χ2v) is 6.56. The van der Waals surface area contributed by atoms with Gasteiger partial charge in [-0.2, -0.15) is 5.10 Å². The number of amides is 1. The molecule has 2 N–H and O–H groups in total. The highest BCUT2D eigenvalue weighted by Gasteiger charge is 2.30. The van der Waals surface area contributed by atoms with E-state index in [1.807, 2.05) is 30.9 Å². The summed E-state index contributed by atoms with van der Waals surface area (Å²) in [6, 6.07) is 6.17. The number of hydrogen-bond donors (Lipinski definition) is 2. The van der Waals surface area contributed by atoms with Gasteiger partial charge >= 0.3 is 0 Å². The predicted octanol–water partition coefficient (Wildman–Crippen LogP) is 2.42. The van der Waals surface area contributed by atoms with Crippen LogP contribution in [0.3, 0.4) is 0 Å². The van der Waals surface area contributed by atoms with E-state index in [2.05, 4.69) is 33.2 Å². The molecular weight excluding hydrogens is 318 g/mol. The summed E-state index contributed by atoms with van der Waals surface area (Å²) < 4.78 is 5.75. The summed E-state index contributed by atoms with van der Waals surface area (Å²) in [5.74, 6) is 1.33. The van der Waals surface area contributed by atoms with Gasteiger partial charge in [-0.1, -0.05) is 11.6 Å². The molecule has 1 aromatic carbocycles. The molecule has 1 atom stereocenters. The quantitative estimate of drug-likeness (QED) is 0.751. The largest absolute Gasteiger partial charge is 0.366 e. The Balaban J connectivity index is 1.61. The van der Waals surface area contributed by atoms with Crippen molar-refractivity contribution in [2.24, 2.45) is 0 Å². The number of aromatic nitrogens is 4. The maximum Gasteiger partial charge on any atom is 0.270 e. The lowest BCUT2D eigenvalue weighted by atomic mass is 10.1. The molecule has 1 aliphatic heterocycles. The Morgan fingerprint density at radius 3 is 2.92 bits per heavy atom. The normalized spacial score (nSPS) is 18.0. The zero-order chi connectivity index (χ0) is 17.6. The Morgan fingerprint density at radius 2 is 2.16 bits per heavy atom. The van der Waals surface area contributed by atoms with Crippen LogP contribution in [-0.2, 0) is 4.74 Å². The van der Waals surface area contributed by atoms with Crippen LogP contribution >= 0.6 is 0 Å². The Morgan fingerprint density at radius 1 is 1.32 bits per heavy atom. The molecule has 0 bridgehead atoms. The summed E-state index contributed by atoms with van der Waals surface area (Å²) in [4.78, 5) is 22.5. The standard InChI is InChI=1S/C18H21N5O2/c1-10-4-5-14-13(8-10)11(2)16(20-14)18(24)23-6-7-25-15(9-23)17-19-12(3)21-22-17/h4-5,8,15,20H,6-7,9H2,1-3H3,(H,19,21,22). The van der Waals surface area contributed by atoms with Crippen molar-refractivity contribution in [1.82, 2.24) is 25.1 Å². The molecule has 25 heavy (non-hydrogen) atoms. The molecule has 2 aromatic heterocycles. The third-order valence-corrected chi connectivity index (χ3v) is 4.68. The molecule has 0 saturated carbocycles. The number of hydrogen-bond acceptors (Lipinski definition) is 4. The van der Waals surface area contributed by atoms with Crippen LogP contribution in [0.1, 0.15) is 39.4 Å². The Labute approximate surface area is 145 Å². The highest BCUT2D eigenvalue weighted by atomic mass is 16.5. The monoisotopic (exact) mass is 339 g/mol. The van der Waals surface area contributed by atoms with E-state index in [-0.39, 0.29) is 12.0 Å². The molecule has 130 valence electrons. The number of rotatable bonds is 2. The number of morpholine rings is 1. The van der Waals surface area contributed by atoms with Crippen LogP contribution < -0.4 is 0 Å². The fourth-order valence-electron chi connectivity index (χ4n) is 3.31. The van der Waals surface area contributed by atoms with E-state index in [9.17, 15) is 4.79 Å². The Hall–Kier alpha value is -2.67. The molecule has 0 radical (unpaired) electrons. The van der Waals surface area contributed by atoms with Crippen molar-refractivity contribution in [3.8, 4) is 0 Å². The minimum Gasteiger partial charge on any atom is -0.366 e. The van der Waals surface area contributed by atoms with Crippen LogP contribution in [0.15, 0.2) is 18.2 Å². The summed E-state index contributed by atoms with van der Waals surface area (Å²) in [7, 11) is 0. The Bertz CT molecular complexity index is 942. The molecule has 1 fully saturated rings. The van der Waals surface area contributed by atoms with Crippen molar-refractivity contribution >= 4 is 16.8 Å². The molecule has 1 saturated heterocycles. The van der Waals surface area contributed by atoms with Crippen molar-refractivity contribution in [2.45, 2.75) is 26.9 Å². The maximum absolute atomic E-state index is 13.0. The first-order valence-corrected chi connectivity index (χ1v) is 8.41. The first-order chi connectivity index (χ1) is 12.0. The first kappa shape index (κ1) is 15.8. The van der Waals surface area contributed by atoms with Crippen LogP contribution in [0.5, 0.6) is 0 Å². The predicted molar refractivity (Wildman–Crippen MR) is 93.5 cm³/mol. The lowest BCUT2D eigenvalue weighted by Crippen LogP contribution is -2.42. The molecule has 1 amide bonds. The number of benzene rings is 1. The highest BCUT2D eigenvalue weighted by molar-refractivity contribution is 6.01. The lowest BCUT2D eigenvalue weighted by molar-refractivity contribution is -0.0268. The first-order valence-electron chi connectivity index (χ1n) is 8.41. The number of nitrogens with one attached hydrogen (secondary N) is 2. The average Bonchev–Trinajstić information content (AvgIpc) is 3.19. The van der Waals surface area contributed by atoms with Gasteiger partial charge in [0.1, 0.15) is 17.6 Å². The van der Waals surface area contributed by atoms with E-state index in [1.165, 1.54) is 5.56 Å². The van der Waals surface area contributed by atoms with E-state index in [1.54, 1.807) is 0 Å². The summed E-state index contributed by atoms with van der Waals surface area (Å²) in [5, 5.41) is 8.08. The Kier molecular flexibility index (Phi) is 3.80. The van der Waals surface area contributed by atoms with Gasteiger partial charge in [0.2, 0.25) is 0 Å². The van der Waals surface area contributed by atoms with Crippen LogP contribution in [0, 0.1) is 20.8 Å². The zero-order valence-electron chi connectivity index (χ0n) is 14.6. The van der Waals surface area contributed by atoms with Gasteiger partial charge in [-0.25, -0.2) is 4.98 Å². The number of carbonyl (C=O) groups excluding carboxylic acids is 1. The molecule has 7 nitrogen and oxygen atoms in total. The smallest absolute Gasteiger partial charge is 0.270 e. The fourth-order valence-corrected chi connectivity index (χ4v) is 3.31. The van der Waals surface area contributed by atoms with Crippen molar-refractivity contribution in [2.75, 3.05) is 19.7 Å². The van der Waals surface area contributed by atoms with Gasteiger partial charge in [0, 0.05) is 17.4 Å². The molecule has 7 heteroatoms. The van der Waals surface area contributed by atoms with Crippen molar-refractivity contribution in [1.29, 1.82) is 0 Å². The minimum absolute atomic E-state index is 0.00749. The topological polar surface area (TPSA) is 86.9 Å². The third kappa shape index (κ3) is 2.80. The van der Waals surface area contributed by atoms with Crippen LogP contribution in [-0.4, -0.2) is 50.7 Å². The number of aryl methyl sites for hydroxylation is 3. The molecule has 0 aliphatic carbocycles.